The molecule has 184 valence electrons. The van der Waals surface area contributed by atoms with Gasteiger partial charge in [-0.1, -0.05) is 29.3 Å². The maximum absolute atomic E-state index is 14.1. The van der Waals surface area contributed by atoms with Crippen LogP contribution in [0.4, 0.5) is 18.0 Å². The normalized spacial score (nSPS) is 22.3. The number of urea groups is 1. The smallest absolute Gasteiger partial charge is 0.437 e. The van der Waals surface area contributed by atoms with Crippen molar-refractivity contribution in [2.45, 2.75) is 17.9 Å². The summed E-state index contributed by atoms with van der Waals surface area (Å²) in [4.78, 5) is 25.5. The molecule has 0 unspecified atom stereocenters. The van der Waals surface area contributed by atoms with Gasteiger partial charge < -0.3 is 24.9 Å². The second kappa shape index (κ2) is 9.10. The molecule has 1 aliphatic heterocycles. The van der Waals surface area contributed by atoms with E-state index in [4.69, 9.17) is 32.4 Å². The third kappa shape index (κ3) is 4.44. The number of carbonyl (C=O) groups excluding carboxylic acids is 2. The van der Waals surface area contributed by atoms with Crippen LogP contribution in [0.5, 0.6) is 5.75 Å². The summed E-state index contributed by atoms with van der Waals surface area (Å²) in [5.74, 6) is -3.05. The number of benzene rings is 2. The van der Waals surface area contributed by atoms with Crippen LogP contribution in [0.25, 0.3) is 11.3 Å². The predicted octanol–water partition coefficient (Wildman–Crippen LogP) is 5.37. The van der Waals surface area contributed by atoms with Gasteiger partial charge in [0.05, 0.1) is 17.2 Å². The van der Waals surface area contributed by atoms with Gasteiger partial charge in [0.15, 0.2) is 5.78 Å². The largest absolute Gasteiger partial charge is 0.497 e. The fourth-order valence-electron chi connectivity index (χ4n) is 3.87. The Morgan fingerprint density at radius 2 is 1.80 bits per heavy atom. The summed E-state index contributed by atoms with van der Waals surface area (Å²) in [6.45, 7) is 0. The lowest BCUT2D eigenvalue weighted by atomic mass is 9.79. The van der Waals surface area contributed by atoms with E-state index in [0.29, 0.717) is 11.3 Å². The SMILES string of the molecule is COc1ccc(C(=O)[C@@H]2[C@@H](c3ccc(-c4cccc(Cl)c4Cl)o3)NC(=O)N[C@]2(O)C(F)(F)F)cc1. The first kappa shape index (κ1) is 24.9. The molecule has 7 nitrogen and oxygen atoms in total. The van der Waals surface area contributed by atoms with Crippen LogP contribution in [0.15, 0.2) is 59.0 Å². The van der Waals surface area contributed by atoms with Crippen LogP contribution in [-0.4, -0.2) is 35.9 Å². The fraction of sp³-hybridized carbons (Fsp3) is 0.217. The molecule has 0 bridgehead atoms. The standard InChI is InChI=1S/C23H17Cl2F3N2O5/c1-34-12-7-5-11(6-8-12)20(31)17-19(29-21(32)30-22(17,33)23(26,27)28)16-10-9-15(35-16)13-3-2-4-14(24)18(13)25/h2-10,17,19,33H,1H3,(H2,29,30,32)/t17-,19+,22+/m0/s1. The van der Waals surface area contributed by atoms with Crippen LogP contribution in [0.1, 0.15) is 22.2 Å². The van der Waals surface area contributed by atoms with E-state index in [9.17, 15) is 27.9 Å². The second-order valence-corrected chi connectivity index (χ2v) is 8.50. The Bertz CT molecular complexity index is 1280. The molecule has 2 aromatic carbocycles. The van der Waals surface area contributed by atoms with E-state index in [1.54, 1.807) is 12.1 Å². The quantitative estimate of drug-likeness (QED) is 0.386. The zero-order valence-corrected chi connectivity index (χ0v) is 19.3. The summed E-state index contributed by atoms with van der Waals surface area (Å²) in [5.41, 5.74) is -3.70. The molecule has 3 atom stereocenters. The number of aliphatic hydroxyl groups is 1. The molecule has 3 aromatic rings. The molecule has 4 rings (SSSR count). The Balaban J connectivity index is 1.82. The Hall–Kier alpha value is -3.21. The zero-order chi connectivity index (χ0) is 25.5. The van der Waals surface area contributed by atoms with E-state index in [-0.39, 0.29) is 27.1 Å². The summed E-state index contributed by atoms with van der Waals surface area (Å²) in [6.07, 6.45) is -5.40. The average Bonchev–Trinajstić information content (AvgIpc) is 3.29. The average molecular weight is 529 g/mol. The molecular formula is C23H17Cl2F3N2O5. The monoisotopic (exact) mass is 528 g/mol. The molecule has 12 heteroatoms. The number of hydrogen-bond acceptors (Lipinski definition) is 5. The summed E-state index contributed by atoms with van der Waals surface area (Å²) in [7, 11) is 1.39. The number of methoxy groups -OCH3 is 1. The topological polar surface area (TPSA) is 101 Å². The van der Waals surface area contributed by atoms with Crippen LogP contribution in [0.3, 0.4) is 0 Å². The Kier molecular flexibility index (Phi) is 6.48. The molecule has 2 amide bonds. The molecule has 1 aromatic heterocycles. The van der Waals surface area contributed by atoms with Crippen molar-refractivity contribution in [2.24, 2.45) is 5.92 Å². The van der Waals surface area contributed by atoms with E-state index in [2.05, 4.69) is 5.32 Å². The fourth-order valence-corrected chi connectivity index (χ4v) is 4.26. The molecule has 35 heavy (non-hydrogen) atoms. The van der Waals surface area contributed by atoms with E-state index in [0.717, 1.165) is 0 Å². The van der Waals surface area contributed by atoms with Crippen LogP contribution < -0.4 is 15.4 Å². The Morgan fingerprint density at radius 3 is 2.43 bits per heavy atom. The number of carbonyl (C=O) groups is 2. The lowest BCUT2D eigenvalue weighted by molar-refractivity contribution is -0.288. The maximum atomic E-state index is 14.1. The highest BCUT2D eigenvalue weighted by atomic mass is 35.5. The van der Waals surface area contributed by atoms with E-state index in [1.807, 2.05) is 0 Å². The number of halogens is 5. The summed E-state index contributed by atoms with van der Waals surface area (Å²) in [5, 5.41) is 14.8. The van der Waals surface area contributed by atoms with Crippen molar-refractivity contribution >= 4 is 35.0 Å². The number of furan rings is 1. The van der Waals surface area contributed by atoms with Gasteiger partial charge in [0.1, 0.15) is 29.2 Å². The number of alkyl halides is 3. The minimum absolute atomic E-state index is 0.131. The van der Waals surface area contributed by atoms with E-state index in [1.165, 1.54) is 54.9 Å². The van der Waals surface area contributed by atoms with Crippen molar-refractivity contribution in [3.8, 4) is 17.1 Å². The minimum atomic E-state index is -5.40. The van der Waals surface area contributed by atoms with Gasteiger partial charge in [0, 0.05) is 11.1 Å². The van der Waals surface area contributed by atoms with Gasteiger partial charge in [0.25, 0.3) is 0 Å². The van der Waals surface area contributed by atoms with Gasteiger partial charge in [0.2, 0.25) is 5.72 Å². The molecule has 2 heterocycles. The number of ether oxygens (including phenoxy) is 1. The first-order valence-electron chi connectivity index (χ1n) is 10.1. The lowest BCUT2D eigenvalue weighted by Crippen LogP contribution is -2.72. The van der Waals surface area contributed by atoms with Crippen LogP contribution in [-0.2, 0) is 0 Å². The van der Waals surface area contributed by atoms with Crippen molar-refractivity contribution in [3.05, 3.63) is 76.0 Å². The Labute approximate surface area is 206 Å². The lowest BCUT2D eigenvalue weighted by Gasteiger charge is -2.44. The van der Waals surface area contributed by atoms with Crippen molar-refractivity contribution in [1.82, 2.24) is 10.6 Å². The summed E-state index contributed by atoms with van der Waals surface area (Å²) < 4.78 is 52.9. The maximum Gasteiger partial charge on any atom is 0.437 e. The highest BCUT2D eigenvalue weighted by Crippen LogP contribution is 2.45. The third-order valence-corrected chi connectivity index (χ3v) is 6.43. The van der Waals surface area contributed by atoms with Crippen LogP contribution in [0.2, 0.25) is 10.0 Å². The number of Topliss-reactive ketones (excluding diaryl/α,β-unsaturated/α-hetero) is 1. The number of hydrogen-bond donors (Lipinski definition) is 3. The third-order valence-electron chi connectivity index (χ3n) is 5.61. The first-order valence-corrected chi connectivity index (χ1v) is 10.8. The van der Waals surface area contributed by atoms with Crippen molar-refractivity contribution in [2.75, 3.05) is 7.11 Å². The van der Waals surface area contributed by atoms with Crippen molar-refractivity contribution in [1.29, 1.82) is 0 Å². The van der Waals surface area contributed by atoms with Gasteiger partial charge in [-0.2, -0.15) is 13.2 Å². The molecule has 0 saturated carbocycles. The molecule has 1 saturated heterocycles. The van der Waals surface area contributed by atoms with Crippen LogP contribution in [0, 0.1) is 5.92 Å². The number of ketones is 1. The number of rotatable bonds is 5. The highest BCUT2D eigenvalue weighted by Gasteiger charge is 2.66. The van der Waals surface area contributed by atoms with Crippen LogP contribution >= 0.6 is 23.2 Å². The summed E-state index contributed by atoms with van der Waals surface area (Å²) >= 11 is 12.2. The Morgan fingerprint density at radius 1 is 1.11 bits per heavy atom. The first-order chi connectivity index (χ1) is 16.5. The second-order valence-electron chi connectivity index (χ2n) is 7.71. The van der Waals surface area contributed by atoms with Gasteiger partial charge >= 0.3 is 12.2 Å². The summed E-state index contributed by atoms with van der Waals surface area (Å²) in [6, 6.07) is 9.65. The van der Waals surface area contributed by atoms with Crippen molar-refractivity contribution in [3.63, 3.8) is 0 Å². The molecule has 0 spiro atoms. The molecule has 1 aliphatic rings. The van der Waals surface area contributed by atoms with Gasteiger partial charge in [-0.3, -0.25) is 4.79 Å². The van der Waals surface area contributed by atoms with E-state index < -0.39 is 35.7 Å². The van der Waals surface area contributed by atoms with Gasteiger partial charge in [-0.15, -0.1) is 0 Å². The zero-order valence-electron chi connectivity index (χ0n) is 17.8. The van der Waals surface area contributed by atoms with E-state index >= 15 is 0 Å². The minimum Gasteiger partial charge on any atom is -0.497 e. The molecular weight excluding hydrogens is 512 g/mol. The predicted molar refractivity (Wildman–Crippen MR) is 120 cm³/mol. The highest BCUT2D eigenvalue weighted by molar-refractivity contribution is 6.43. The number of nitrogens with one attached hydrogen (secondary N) is 2. The molecule has 3 N–H and O–H groups in total. The molecule has 0 aliphatic carbocycles. The molecule has 1 fully saturated rings. The van der Waals surface area contributed by atoms with Gasteiger partial charge in [-0.25, -0.2) is 4.79 Å². The van der Waals surface area contributed by atoms with Crippen molar-refractivity contribution < 1.29 is 37.0 Å². The van der Waals surface area contributed by atoms with Gasteiger partial charge in [-0.05, 0) is 48.5 Å². The number of amides is 2. The molecule has 0 radical (unpaired) electrons.